The molecule has 1 aromatic carbocycles. The molecule has 2 aliphatic heterocycles. The van der Waals surface area contributed by atoms with Crippen molar-refractivity contribution in [2.75, 3.05) is 19.7 Å². The Labute approximate surface area is 145 Å². The molecule has 0 spiro atoms. The monoisotopic (exact) mass is 356 g/mol. The molecule has 2 aliphatic rings. The first-order chi connectivity index (χ1) is 11.7. The van der Waals surface area contributed by atoms with Gasteiger partial charge in [-0.2, -0.15) is 13.2 Å². The van der Waals surface area contributed by atoms with E-state index in [2.05, 4.69) is 4.90 Å². The minimum Gasteiger partial charge on any atom is -0.376 e. The number of alkyl halides is 3. The number of rotatable bonds is 3. The zero-order valence-corrected chi connectivity index (χ0v) is 14.7. The van der Waals surface area contributed by atoms with E-state index in [0.717, 1.165) is 0 Å². The molecule has 1 atom stereocenters. The Morgan fingerprint density at radius 1 is 1.32 bits per heavy atom. The maximum absolute atomic E-state index is 13.6. The van der Waals surface area contributed by atoms with Crippen molar-refractivity contribution in [3.8, 4) is 0 Å². The standard InChI is InChI=1S/C18H23F3N2O2/c1-11(2)23-10-15-14(17(23)24)6-13(7-16(15)18(19,20)21)9-22-4-5-25-12(3)8-22/h6-7,11-12H,4-5,8-10H2,1-3H3. The number of hydrogen-bond acceptors (Lipinski definition) is 3. The maximum Gasteiger partial charge on any atom is 0.416 e. The normalized spacial score (nSPS) is 22.0. The lowest BCUT2D eigenvalue weighted by atomic mass is 9.98. The highest BCUT2D eigenvalue weighted by atomic mass is 19.4. The molecule has 0 aromatic heterocycles. The largest absolute Gasteiger partial charge is 0.416 e. The second kappa shape index (κ2) is 6.61. The van der Waals surface area contributed by atoms with Crippen LogP contribution in [0.3, 0.4) is 0 Å². The number of amides is 1. The Kier molecular flexibility index (Phi) is 4.81. The van der Waals surface area contributed by atoms with Gasteiger partial charge in [-0.05, 0) is 44.0 Å². The third kappa shape index (κ3) is 3.67. The summed E-state index contributed by atoms with van der Waals surface area (Å²) in [5.41, 5.74) is 0.141. The summed E-state index contributed by atoms with van der Waals surface area (Å²) < 4.78 is 46.1. The van der Waals surface area contributed by atoms with E-state index in [-0.39, 0.29) is 35.7 Å². The first-order valence-electron chi connectivity index (χ1n) is 8.54. The van der Waals surface area contributed by atoms with Gasteiger partial charge in [-0.1, -0.05) is 0 Å². The first kappa shape index (κ1) is 18.2. The summed E-state index contributed by atoms with van der Waals surface area (Å²) in [6.45, 7) is 7.90. The van der Waals surface area contributed by atoms with E-state index >= 15 is 0 Å². The number of ether oxygens (including phenoxy) is 1. The van der Waals surface area contributed by atoms with Gasteiger partial charge < -0.3 is 9.64 Å². The molecule has 0 saturated carbocycles. The fourth-order valence-corrected chi connectivity index (χ4v) is 3.54. The Balaban J connectivity index is 1.95. The van der Waals surface area contributed by atoms with E-state index in [1.165, 1.54) is 11.0 Å². The molecule has 1 saturated heterocycles. The molecule has 7 heteroatoms. The molecule has 0 N–H and O–H groups in total. The van der Waals surface area contributed by atoms with Crippen LogP contribution < -0.4 is 0 Å². The smallest absolute Gasteiger partial charge is 0.376 e. The number of morpholine rings is 1. The molecule has 0 bridgehead atoms. The minimum atomic E-state index is -4.47. The van der Waals surface area contributed by atoms with Gasteiger partial charge in [-0.3, -0.25) is 9.69 Å². The lowest BCUT2D eigenvalue weighted by molar-refractivity contribution is -0.138. The quantitative estimate of drug-likeness (QED) is 0.833. The summed E-state index contributed by atoms with van der Waals surface area (Å²) in [6, 6.07) is 2.70. The summed E-state index contributed by atoms with van der Waals surface area (Å²) in [4.78, 5) is 16.1. The van der Waals surface area contributed by atoms with Crippen LogP contribution in [0.5, 0.6) is 0 Å². The van der Waals surface area contributed by atoms with Gasteiger partial charge in [0.25, 0.3) is 5.91 Å². The highest BCUT2D eigenvalue weighted by Gasteiger charge is 2.40. The number of fused-ring (bicyclic) bond motifs is 1. The molecule has 1 fully saturated rings. The second-order valence-electron chi connectivity index (χ2n) is 7.11. The van der Waals surface area contributed by atoms with E-state index in [9.17, 15) is 18.0 Å². The van der Waals surface area contributed by atoms with Gasteiger partial charge in [-0.15, -0.1) is 0 Å². The Bertz CT molecular complexity index is 673. The average molecular weight is 356 g/mol. The first-order valence-corrected chi connectivity index (χ1v) is 8.54. The van der Waals surface area contributed by atoms with Crippen LogP contribution in [0.15, 0.2) is 12.1 Å². The van der Waals surface area contributed by atoms with E-state index < -0.39 is 11.7 Å². The zero-order valence-electron chi connectivity index (χ0n) is 14.7. The van der Waals surface area contributed by atoms with Crippen LogP contribution >= 0.6 is 0 Å². The van der Waals surface area contributed by atoms with Gasteiger partial charge in [0.05, 0.1) is 18.3 Å². The maximum atomic E-state index is 13.6. The number of nitrogens with zero attached hydrogens (tertiary/aromatic N) is 2. The summed E-state index contributed by atoms with van der Waals surface area (Å²) >= 11 is 0. The van der Waals surface area contributed by atoms with Gasteiger partial charge in [-0.25, -0.2) is 0 Å². The van der Waals surface area contributed by atoms with Crippen molar-refractivity contribution in [2.45, 2.75) is 52.2 Å². The summed E-state index contributed by atoms with van der Waals surface area (Å²) in [7, 11) is 0. The summed E-state index contributed by atoms with van der Waals surface area (Å²) in [5.74, 6) is -0.312. The molecule has 2 heterocycles. The molecule has 1 aromatic rings. The Morgan fingerprint density at radius 3 is 2.64 bits per heavy atom. The van der Waals surface area contributed by atoms with Crippen LogP contribution in [-0.2, 0) is 24.0 Å². The topological polar surface area (TPSA) is 32.8 Å². The van der Waals surface area contributed by atoms with E-state index in [0.29, 0.717) is 31.8 Å². The van der Waals surface area contributed by atoms with Crippen molar-refractivity contribution in [1.82, 2.24) is 9.80 Å². The third-order valence-corrected chi connectivity index (χ3v) is 4.79. The summed E-state index contributed by atoms with van der Waals surface area (Å²) in [6.07, 6.45) is -4.41. The second-order valence-corrected chi connectivity index (χ2v) is 7.11. The minimum absolute atomic E-state index is 0.0234. The van der Waals surface area contributed by atoms with Gasteiger partial charge in [0.2, 0.25) is 0 Å². The number of hydrogen-bond donors (Lipinski definition) is 0. The van der Waals surface area contributed by atoms with Crippen LogP contribution in [0.1, 0.15) is 47.8 Å². The summed E-state index contributed by atoms with van der Waals surface area (Å²) in [5, 5.41) is 0. The van der Waals surface area contributed by atoms with Crippen molar-refractivity contribution < 1.29 is 22.7 Å². The van der Waals surface area contributed by atoms with Crippen LogP contribution in [-0.4, -0.2) is 47.5 Å². The Morgan fingerprint density at radius 2 is 2.04 bits per heavy atom. The number of carbonyl (C=O) groups excluding carboxylic acids is 1. The van der Waals surface area contributed by atoms with Crippen molar-refractivity contribution >= 4 is 5.91 Å². The van der Waals surface area contributed by atoms with E-state index in [1.807, 2.05) is 20.8 Å². The Hall–Kier alpha value is -1.60. The highest BCUT2D eigenvalue weighted by molar-refractivity contribution is 5.99. The molecule has 138 valence electrons. The molecule has 0 aliphatic carbocycles. The average Bonchev–Trinajstić information content (AvgIpc) is 2.83. The number of carbonyl (C=O) groups is 1. The third-order valence-electron chi connectivity index (χ3n) is 4.79. The molecule has 3 rings (SSSR count). The van der Waals surface area contributed by atoms with Crippen LogP contribution in [0.4, 0.5) is 13.2 Å². The fraction of sp³-hybridized carbons (Fsp3) is 0.611. The van der Waals surface area contributed by atoms with Crippen molar-refractivity contribution in [3.05, 3.63) is 34.4 Å². The van der Waals surface area contributed by atoms with Crippen molar-refractivity contribution in [2.24, 2.45) is 0 Å². The lowest BCUT2D eigenvalue weighted by Crippen LogP contribution is -2.40. The van der Waals surface area contributed by atoms with Crippen LogP contribution in [0, 0.1) is 0 Å². The van der Waals surface area contributed by atoms with E-state index in [1.54, 1.807) is 6.07 Å². The van der Waals surface area contributed by atoms with Gasteiger partial charge in [0.1, 0.15) is 0 Å². The number of benzene rings is 1. The molecule has 0 radical (unpaired) electrons. The molecule has 25 heavy (non-hydrogen) atoms. The van der Waals surface area contributed by atoms with Gasteiger partial charge >= 0.3 is 6.18 Å². The zero-order chi connectivity index (χ0) is 18.4. The van der Waals surface area contributed by atoms with Crippen LogP contribution in [0.2, 0.25) is 0 Å². The molecular formula is C18H23F3N2O2. The SMILES string of the molecule is CC1CN(Cc2cc3c(c(C(F)(F)F)c2)CN(C(C)C)C3=O)CCO1. The van der Waals surface area contributed by atoms with Gasteiger partial charge in [0, 0.05) is 37.8 Å². The molecular weight excluding hydrogens is 333 g/mol. The predicted octanol–water partition coefficient (Wildman–Crippen LogP) is 3.29. The fourth-order valence-electron chi connectivity index (χ4n) is 3.54. The predicted molar refractivity (Wildman–Crippen MR) is 87.1 cm³/mol. The number of halogens is 3. The van der Waals surface area contributed by atoms with Crippen molar-refractivity contribution in [3.63, 3.8) is 0 Å². The van der Waals surface area contributed by atoms with Crippen molar-refractivity contribution in [1.29, 1.82) is 0 Å². The highest BCUT2D eigenvalue weighted by Crippen LogP contribution is 2.38. The lowest BCUT2D eigenvalue weighted by Gasteiger charge is -2.31. The molecule has 4 nitrogen and oxygen atoms in total. The molecule has 1 amide bonds. The molecule has 1 unspecified atom stereocenters. The van der Waals surface area contributed by atoms with Crippen LogP contribution in [0.25, 0.3) is 0 Å². The van der Waals surface area contributed by atoms with E-state index in [4.69, 9.17) is 4.74 Å². The van der Waals surface area contributed by atoms with Gasteiger partial charge in [0.15, 0.2) is 0 Å².